The number of carbonyl (C=O) groups is 2. The summed E-state index contributed by atoms with van der Waals surface area (Å²) in [5.41, 5.74) is 1.65. The van der Waals surface area contributed by atoms with Gasteiger partial charge in [-0.25, -0.2) is 14.0 Å². The molecule has 3 aromatic carbocycles. The summed E-state index contributed by atoms with van der Waals surface area (Å²) >= 11 is 0. The van der Waals surface area contributed by atoms with Crippen LogP contribution in [0.15, 0.2) is 71.3 Å². The molecule has 0 bridgehead atoms. The average molecular weight is 435 g/mol. The SMILES string of the molecule is CCOC(=O)c1ccc(OCc2noc3cc(OC(=O)c4ccc(F)cc4)ccc23)cc1. The Hall–Kier alpha value is -4.20. The van der Waals surface area contributed by atoms with Crippen LogP contribution in [0.25, 0.3) is 11.0 Å². The Bertz CT molecular complexity index is 1250. The van der Waals surface area contributed by atoms with Gasteiger partial charge in [0.15, 0.2) is 5.58 Å². The van der Waals surface area contributed by atoms with E-state index in [1.807, 2.05) is 0 Å². The molecule has 0 unspecified atom stereocenters. The predicted molar refractivity (Wildman–Crippen MR) is 112 cm³/mol. The quantitative estimate of drug-likeness (QED) is 0.300. The van der Waals surface area contributed by atoms with E-state index in [0.29, 0.717) is 34.6 Å². The molecule has 0 atom stereocenters. The van der Waals surface area contributed by atoms with Gasteiger partial charge >= 0.3 is 11.9 Å². The summed E-state index contributed by atoms with van der Waals surface area (Å²) in [5, 5.41) is 4.72. The van der Waals surface area contributed by atoms with Gasteiger partial charge in [-0.3, -0.25) is 0 Å². The van der Waals surface area contributed by atoms with Crippen molar-refractivity contribution in [1.29, 1.82) is 0 Å². The van der Waals surface area contributed by atoms with E-state index in [1.165, 1.54) is 24.3 Å². The predicted octanol–water partition coefficient (Wildman–Crippen LogP) is 4.94. The van der Waals surface area contributed by atoms with Crippen LogP contribution in [0.3, 0.4) is 0 Å². The Morgan fingerprint density at radius 2 is 1.56 bits per heavy atom. The molecule has 4 aromatic rings. The van der Waals surface area contributed by atoms with Crippen LogP contribution in [-0.2, 0) is 11.3 Å². The molecular formula is C24H18FNO6. The number of halogens is 1. The number of fused-ring (bicyclic) bond motifs is 1. The zero-order valence-corrected chi connectivity index (χ0v) is 17.0. The molecule has 0 saturated carbocycles. The van der Waals surface area contributed by atoms with Gasteiger partial charge in [-0.2, -0.15) is 0 Å². The first-order chi connectivity index (χ1) is 15.5. The molecule has 0 amide bonds. The third-order valence-electron chi connectivity index (χ3n) is 4.55. The maximum absolute atomic E-state index is 13.0. The van der Waals surface area contributed by atoms with Gasteiger partial charge in [-0.05, 0) is 67.6 Å². The summed E-state index contributed by atoms with van der Waals surface area (Å²) < 4.78 is 34.3. The van der Waals surface area contributed by atoms with Crippen molar-refractivity contribution in [3.63, 3.8) is 0 Å². The Labute approximate surface area is 182 Å². The van der Waals surface area contributed by atoms with Crippen LogP contribution in [0.5, 0.6) is 11.5 Å². The number of ether oxygens (including phenoxy) is 3. The fraction of sp³-hybridized carbons (Fsp3) is 0.125. The Morgan fingerprint density at radius 3 is 2.28 bits per heavy atom. The van der Waals surface area contributed by atoms with Gasteiger partial charge in [-0.1, -0.05) is 5.16 Å². The molecule has 0 aliphatic heterocycles. The lowest BCUT2D eigenvalue weighted by Gasteiger charge is -2.06. The minimum absolute atomic E-state index is 0.139. The van der Waals surface area contributed by atoms with Crippen molar-refractivity contribution >= 4 is 22.9 Å². The van der Waals surface area contributed by atoms with Crippen LogP contribution in [0.4, 0.5) is 4.39 Å². The molecule has 0 spiro atoms. The second kappa shape index (κ2) is 9.30. The van der Waals surface area contributed by atoms with Crippen LogP contribution < -0.4 is 9.47 Å². The molecule has 162 valence electrons. The monoisotopic (exact) mass is 435 g/mol. The number of aromatic nitrogens is 1. The Morgan fingerprint density at radius 1 is 0.906 bits per heavy atom. The molecule has 32 heavy (non-hydrogen) atoms. The fourth-order valence-corrected chi connectivity index (χ4v) is 2.94. The lowest BCUT2D eigenvalue weighted by molar-refractivity contribution is 0.0526. The first-order valence-electron chi connectivity index (χ1n) is 9.79. The maximum Gasteiger partial charge on any atom is 0.343 e. The largest absolute Gasteiger partial charge is 0.487 e. The summed E-state index contributed by atoms with van der Waals surface area (Å²) in [5.74, 6) is -0.616. The number of carbonyl (C=O) groups excluding carboxylic acids is 2. The number of hydrogen-bond donors (Lipinski definition) is 0. The molecule has 4 rings (SSSR count). The Balaban J connectivity index is 1.41. The zero-order chi connectivity index (χ0) is 22.5. The van der Waals surface area contributed by atoms with E-state index in [4.69, 9.17) is 18.7 Å². The fourth-order valence-electron chi connectivity index (χ4n) is 2.94. The molecule has 7 nitrogen and oxygen atoms in total. The average Bonchev–Trinajstić information content (AvgIpc) is 3.21. The van der Waals surface area contributed by atoms with Gasteiger partial charge in [0.05, 0.1) is 17.7 Å². The van der Waals surface area contributed by atoms with Crippen LogP contribution >= 0.6 is 0 Å². The number of esters is 2. The zero-order valence-electron chi connectivity index (χ0n) is 17.0. The highest BCUT2D eigenvalue weighted by atomic mass is 19.1. The van der Waals surface area contributed by atoms with Crippen molar-refractivity contribution in [2.75, 3.05) is 6.61 Å². The first kappa shape index (κ1) is 21.0. The van der Waals surface area contributed by atoms with Gasteiger partial charge < -0.3 is 18.7 Å². The van der Waals surface area contributed by atoms with E-state index < -0.39 is 17.8 Å². The van der Waals surface area contributed by atoms with Crippen molar-refractivity contribution in [3.8, 4) is 11.5 Å². The van der Waals surface area contributed by atoms with Gasteiger partial charge in [0, 0.05) is 11.5 Å². The van der Waals surface area contributed by atoms with Crippen molar-refractivity contribution in [1.82, 2.24) is 5.16 Å². The minimum Gasteiger partial charge on any atom is -0.487 e. The van der Waals surface area contributed by atoms with E-state index in [0.717, 1.165) is 0 Å². The topological polar surface area (TPSA) is 87.9 Å². The van der Waals surface area contributed by atoms with E-state index in [1.54, 1.807) is 49.4 Å². The van der Waals surface area contributed by atoms with Crippen LogP contribution in [0, 0.1) is 5.82 Å². The van der Waals surface area contributed by atoms with E-state index in [9.17, 15) is 14.0 Å². The highest BCUT2D eigenvalue weighted by Crippen LogP contribution is 2.25. The summed E-state index contributed by atoms with van der Waals surface area (Å²) in [6.07, 6.45) is 0. The number of nitrogens with zero attached hydrogens (tertiary/aromatic N) is 1. The van der Waals surface area contributed by atoms with Crippen molar-refractivity contribution in [2.24, 2.45) is 0 Å². The molecule has 0 N–H and O–H groups in total. The van der Waals surface area contributed by atoms with Gasteiger partial charge in [0.1, 0.15) is 29.6 Å². The molecule has 0 fully saturated rings. The highest BCUT2D eigenvalue weighted by Gasteiger charge is 2.14. The standard InChI is InChI=1S/C24H18FNO6/c1-2-29-23(27)15-5-9-18(10-6-15)30-14-21-20-12-11-19(13-22(20)32-26-21)31-24(28)16-3-7-17(25)8-4-16/h3-13H,2,14H2,1H3. The third kappa shape index (κ3) is 4.75. The normalized spacial score (nSPS) is 10.7. The van der Waals surface area contributed by atoms with E-state index in [-0.39, 0.29) is 17.9 Å². The van der Waals surface area contributed by atoms with Crippen LogP contribution in [0.2, 0.25) is 0 Å². The molecule has 0 aliphatic carbocycles. The van der Waals surface area contributed by atoms with Gasteiger partial charge in [-0.15, -0.1) is 0 Å². The second-order valence-corrected chi connectivity index (χ2v) is 6.72. The van der Waals surface area contributed by atoms with Crippen molar-refractivity contribution in [3.05, 3.63) is 89.4 Å². The number of hydrogen-bond acceptors (Lipinski definition) is 7. The molecule has 0 saturated heterocycles. The highest BCUT2D eigenvalue weighted by molar-refractivity contribution is 5.92. The maximum atomic E-state index is 13.0. The summed E-state index contributed by atoms with van der Waals surface area (Å²) in [6.45, 7) is 2.19. The molecule has 1 aromatic heterocycles. The summed E-state index contributed by atoms with van der Waals surface area (Å²) in [4.78, 5) is 23.9. The smallest absolute Gasteiger partial charge is 0.343 e. The molecular weight excluding hydrogens is 417 g/mol. The molecule has 1 heterocycles. The molecule has 0 aliphatic rings. The summed E-state index contributed by atoms with van der Waals surface area (Å²) in [6, 6.07) is 16.5. The minimum atomic E-state index is -0.612. The molecule has 0 radical (unpaired) electrons. The lowest BCUT2D eigenvalue weighted by atomic mass is 10.2. The van der Waals surface area contributed by atoms with Crippen LogP contribution in [0.1, 0.15) is 33.3 Å². The van der Waals surface area contributed by atoms with Gasteiger partial charge in [0.25, 0.3) is 0 Å². The van der Waals surface area contributed by atoms with Crippen molar-refractivity contribution in [2.45, 2.75) is 13.5 Å². The lowest BCUT2D eigenvalue weighted by Crippen LogP contribution is -2.08. The van der Waals surface area contributed by atoms with Crippen molar-refractivity contribution < 1.29 is 32.7 Å². The number of benzene rings is 3. The van der Waals surface area contributed by atoms with Gasteiger partial charge in [0.2, 0.25) is 0 Å². The van der Waals surface area contributed by atoms with E-state index >= 15 is 0 Å². The Kier molecular flexibility index (Phi) is 6.12. The second-order valence-electron chi connectivity index (χ2n) is 6.72. The summed E-state index contributed by atoms with van der Waals surface area (Å²) in [7, 11) is 0. The van der Waals surface area contributed by atoms with E-state index in [2.05, 4.69) is 5.16 Å². The first-order valence-corrected chi connectivity index (χ1v) is 9.79. The molecule has 8 heteroatoms. The number of rotatable bonds is 7. The van der Waals surface area contributed by atoms with Crippen LogP contribution in [-0.4, -0.2) is 23.7 Å². The third-order valence-corrected chi connectivity index (χ3v) is 4.55.